The van der Waals surface area contributed by atoms with Crippen molar-refractivity contribution < 1.29 is 19.1 Å². The lowest BCUT2D eigenvalue weighted by Gasteiger charge is -2.27. The molecule has 0 fully saturated rings. The molecule has 1 N–H and O–H groups in total. The molecule has 2 aromatic carbocycles. The fourth-order valence-electron chi connectivity index (χ4n) is 3.20. The molecule has 0 unspecified atom stereocenters. The second-order valence-electron chi connectivity index (χ2n) is 6.37. The van der Waals surface area contributed by atoms with Gasteiger partial charge in [0.05, 0.1) is 24.3 Å². The molecule has 3 aromatic rings. The van der Waals surface area contributed by atoms with Crippen LogP contribution in [0.5, 0.6) is 0 Å². The van der Waals surface area contributed by atoms with E-state index >= 15 is 0 Å². The van der Waals surface area contributed by atoms with Crippen LogP contribution in [0.3, 0.4) is 0 Å². The third kappa shape index (κ3) is 3.17. The average Bonchev–Trinajstić information content (AvgIpc) is 2.74. The maximum Gasteiger partial charge on any atom is 0.290 e. The first-order valence-electron chi connectivity index (χ1n) is 8.80. The standard InChI is InChI=1S/C20H16N4O5/c1-29-11-10-23-16(25)9-8-15(21-23)18(26)22-24-19(27)13-6-2-4-12-5-3-7-14(17(12)13)20(24)28/h2-9H,10-11H2,1H3,(H,22,26). The van der Waals surface area contributed by atoms with E-state index in [0.717, 1.165) is 10.1 Å². The first kappa shape index (κ1) is 18.5. The van der Waals surface area contributed by atoms with Crippen LogP contribution in [0.25, 0.3) is 10.8 Å². The smallest absolute Gasteiger partial charge is 0.290 e. The summed E-state index contributed by atoms with van der Waals surface area (Å²) in [6.07, 6.45) is 0. The SMILES string of the molecule is COCCn1nc(C(=O)NN2C(=O)c3cccc4cccc(c34)C2=O)ccc1=O. The Hall–Kier alpha value is -3.85. The van der Waals surface area contributed by atoms with Crippen LogP contribution in [0.1, 0.15) is 31.2 Å². The van der Waals surface area contributed by atoms with Crippen LogP contribution in [0.4, 0.5) is 0 Å². The van der Waals surface area contributed by atoms with Crippen LogP contribution in [-0.4, -0.2) is 46.2 Å². The number of hydrogen-bond donors (Lipinski definition) is 1. The number of nitrogens with one attached hydrogen (secondary N) is 1. The molecular formula is C20H16N4O5. The zero-order valence-corrected chi connectivity index (χ0v) is 15.4. The average molecular weight is 392 g/mol. The van der Waals surface area contributed by atoms with Crippen molar-refractivity contribution in [3.63, 3.8) is 0 Å². The van der Waals surface area contributed by atoms with Crippen molar-refractivity contribution in [2.24, 2.45) is 0 Å². The van der Waals surface area contributed by atoms with Crippen molar-refractivity contribution >= 4 is 28.5 Å². The van der Waals surface area contributed by atoms with Crippen LogP contribution in [0.15, 0.2) is 53.3 Å². The quantitative estimate of drug-likeness (QED) is 0.648. The van der Waals surface area contributed by atoms with Gasteiger partial charge >= 0.3 is 0 Å². The van der Waals surface area contributed by atoms with Crippen molar-refractivity contribution in [3.8, 4) is 0 Å². The Morgan fingerprint density at radius 2 is 1.66 bits per heavy atom. The molecule has 0 saturated heterocycles. The number of amides is 3. The number of hydrogen-bond acceptors (Lipinski definition) is 6. The van der Waals surface area contributed by atoms with Crippen molar-refractivity contribution in [2.45, 2.75) is 6.54 Å². The summed E-state index contributed by atoms with van der Waals surface area (Å²) in [5.41, 5.74) is 2.43. The van der Waals surface area contributed by atoms with Crippen molar-refractivity contribution in [1.29, 1.82) is 0 Å². The van der Waals surface area contributed by atoms with Gasteiger partial charge in [0.25, 0.3) is 23.3 Å². The highest BCUT2D eigenvalue weighted by Gasteiger charge is 2.34. The van der Waals surface area contributed by atoms with Crippen LogP contribution >= 0.6 is 0 Å². The second kappa shape index (κ2) is 7.28. The molecule has 0 aliphatic carbocycles. The Labute approximate surface area is 164 Å². The van der Waals surface area contributed by atoms with Crippen molar-refractivity contribution in [2.75, 3.05) is 13.7 Å². The lowest BCUT2D eigenvalue weighted by atomic mass is 9.95. The van der Waals surface area contributed by atoms with Gasteiger partial charge in [0.2, 0.25) is 0 Å². The number of rotatable bonds is 5. The number of ether oxygens (including phenoxy) is 1. The van der Waals surface area contributed by atoms with E-state index < -0.39 is 23.3 Å². The molecule has 0 saturated carbocycles. The summed E-state index contributed by atoms with van der Waals surface area (Å²) in [7, 11) is 1.48. The zero-order valence-electron chi connectivity index (χ0n) is 15.4. The topological polar surface area (TPSA) is 111 Å². The van der Waals surface area contributed by atoms with Gasteiger partial charge in [-0.05, 0) is 23.6 Å². The van der Waals surface area contributed by atoms with Gasteiger partial charge < -0.3 is 4.74 Å². The van der Waals surface area contributed by atoms with Crippen LogP contribution < -0.4 is 11.0 Å². The maximum absolute atomic E-state index is 12.8. The predicted octanol–water partition coefficient (Wildman–Crippen LogP) is 0.984. The van der Waals surface area contributed by atoms with E-state index in [2.05, 4.69) is 10.5 Å². The summed E-state index contributed by atoms with van der Waals surface area (Å²) in [6, 6.07) is 12.7. The fourth-order valence-corrected chi connectivity index (χ4v) is 3.20. The molecule has 9 nitrogen and oxygen atoms in total. The molecule has 0 bridgehead atoms. The van der Waals surface area contributed by atoms with Gasteiger partial charge in [0, 0.05) is 18.6 Å². The van der Waals surface area contributed by atoms with E-state index in [1.165, 1.54) is 19.2 Å². The number of carbonyl (C=O) groups is 3. The van der Waals surface area contributed by atoms with E-state index in [9.17, 15) is 19.2 Å². The van der Waals surface area contributed by atoms with Gasteiger partial charge in [-0.2, -0.15) is 10.1 Å². The van der Waals surface area contributed by atoms with Crippen LogP contribution in [0.2, 0.25) is 0 Å². The van der Waals surface area contributed by atoms with Gasteiger partial charge in [-0.3, -0.25) is 24.6 Å². The van der Waals surface area contributed by atoms with Gasteiger partial charge in [0.15, 0.2) is 5.69 Å². The first-order valence-corrected chi connectivity index (χ1v) is 8.80. The molecule has 29 heavy (non-hydrogen) atoms. The first-order chi connectivity index (χ1) is 14.0. The Kier molecular flexibility index (Phi) is 4.65. The molecule has 0 radical (unpaired) electrons. The monoisotopic (exact) mass is 392 g/mol. The normalized spacial score (nSPS) is 13.1. The lowest BCUT2D eigenvalue weighted by molar-refractivity contribution is 0.0477. The van der Waals surface area contributed by atoms with Crippen LogP contribution in [0, 0.1) is 0 Å². The van der Waals surface area contributed by atoms with E-state index in [4.69, 9.17) is 4.74 Å². The number of nitrogens with zero attached hydrogens (tertiary/aromatic N) is 3. The molecule has 4 rings (SSSR count). The van der Waals surface area contributed by atoms with Crippen LogP contribution in [-0.2, 0) is 11.3 Å². The van der Waals surface area contributed by atoms with Crippen molar-refractivity contribution in [3.05, 3.63) is 75.7 Å². The third-order valence-corrected chi connectivity index (χ3v) is 4.59. The fraction of sp³-hybridized carbons (Fsp3) is 0.150. The summed E-state index contributed by atoms with van der Waals surface area (Å²) in [4.78, 5) is 50.1. The molecule has 3 amide bonds. The third-order valence-electron chi connectivity index (χ3n) is 4.59. The van der Waals surface area contributed by atoms with Gasteiger partial charge in [-0.15, -0.1) is 0 Å². The van der Waals surface area contributed by atoms with E-state index in [0.29, 0.717) is 21.5 Å². The van der Waals surface area contributed by atoms with E-state index in [1.54, 1.807) is 24.3 Å². The maximum atomic E-state index is 12.8. The number of carbonyl (C=O) groups excluding carboxylic acids is 3. The number of benzene rings is 2. The minimum atomic E-state index is -0.788. The zero-order chi connectivity index (χ0) is 20.5. The van der Waals surface area contributed by atoms with E-state index in [-0.39, 0.29) is 18.8 Å². The number of aromatic nitrogens is 2. The summed E-state index contributed by atoms with van der Waals surface area (Å²) in [5, 5.41) is 5.96. The highest BCUT2D eigenvalue weighted by atomic mass is 16.5. The van der Waals surface area contributed by atoms with Gasteiger partial charge in [-0.1, -0.05) is 24.3 Å². The summed E-state index contributed by atoms with van der Waals surface area (Å²) in [5.74, 6) is -2.06. The largest absolute Gasteiger partial charge is 0.383 e. The number of imide groups is 1. The number of methoxy groups -OCH3 is 1. The molecule has 0 spiro atoms. The second-order valence-corrected chi connectivity index (χ2v) is 6.37. The summed E-state index contributed by atoms with van der Waals surface area (Å²) in [6.45, 7) is 0.398. The summed E-state index contributed by atoms with van der Waals surface area (Å²) >= 11 is 0. The van der Waals surface area contributed by atoms with Crippen molar-refractivity contribution in [1.82, 2.24) is 20.2 Å². The molecule has 1 aromatic heterocycles. The minimum Gasteiger partial charge on any atom is -0.383 e. The molecular weight excluding hydrogens is 376 g/mol. The number of hydrazine groups is 1. The molecule has 146 valence electrons. The lowest BCUT2D eigenvalue weighted by Crippen LogP contribution is -2.52. The summed E-state index contributed by atoms with van der Waals surface area (Å²) < 4.78 is 5.99. The van der Waals surface area contributed by atoms with Gasteiger partial charge in [-0.25, -0.2) is 4.68 Å². The Balaban J connectivity index is 1.65. The molecule has 9 heteroatoms. The molecule has 0 atom stereocenters. The highest BCUT2D eigenvalue weighted by Crippen LogP contribution is 2.29. The minimum absolute atomic E-state index is 0.113. The predicted molar refractivity (Wildman–Crippen MR) is 102 cm³/mol. The van der Waals surface area contributed by atoms with Gasteiger partial charge in [0.1, 0.15) is 0 Å². The molecule has 1 aliphatic heterocycles. The highest BCUT2D eigenvalue weighted by molar-refractivity contribution is 6.25. The Morgan fingerprint density at radius 3 is 2.28 bits per heavy atom. The Bertz CT molecular complexity index is 1170. The van der Waals surface area contributed by atoms with E-state index in [1.807, 2.05) is 12.1 Å². The molecule has 2 heterocycles. The Morgan fingerprint density at radius 1 is 1.00 bits per heavy atom. The molecule has 1 aliphatic rings.